The summed E-state index contributed by atoms with van der Waals surface area (Å²) in [5.41, 5.74) is 0. The molecule has 0 aromatic carbocycles. The Balaban J connectivity index is 4.70. The molecule has 66 heavy (non-hydrogen) atoms. The van der Waals surface area contributed by atoms with Crippen LogP contribution in [0.2, 0.25) is 0 Å². The average Bonchev–Trinajstić information content (AvgIpc) is 3.31. The van der Waals surface area contributed by atoms with Crippen molar-refractivity contribution >= 4 is 17.9 Å². The highest BCUT2D eigenvalue weighted by atomic mass is 16.6. The van der Waals surface area contributed by atoms with Crippen LogP contribution < -0.4 is 0 Å². The van der Waals surface area contributed by atoms with Gasteiger partial charge in [-0.25, -0.2) is 0 Å². The molecule has 0 aliphatic heterocycles. The van der Waals surface area contributed by atoms with E-state index in [4.69, 9.17) is 14.2 Å². The summed E-state index contributed by atoms with van der Waals surface area (Å²) in [5.74, 6) is -1.17. The molecule has 0 rings (SSSR count). The summed E-state index contributed by atoms with van der Waals surface area (Å²) >= 11 is 0. The maximum absolute atomic E-state index is 12.8. The van der Waals surface area contributed by atoms with Crippen LogP contribution in [0.4, 0.5) is 0 Å². The minimum absolute atomic E-state index is 0.158. The summed E-state index contributed by atoms with van der Waals surface area (Å²) in [6, 6.07) is 0. The van der Waals surface area contributed by atoms with Gasteiger partial charge in [-0.1, -0.05) is 229 Å². The predicted molar refractivity (Wildman–Crippen MR) is 283 cm³/mol. The van der Waals surface area contributed by atoms with Crippen LogP contribution in [0.1, 0.15) is 168 Å². The number of carbonyl (C=O) groups is 3. The average molecular weight is 905 g/mol. The number of unbranched alkanes of at least 4 members (excludes halogenated alkanes) is 9. The van der Waals surface area contributed by atoms with E-state index in [2.05, 4.69) is 99.8 Å². The van der Waals surface area contributed by atoms with Gasteiger partial charge in [-0.15, -0.1) is 0 Å². The molecule has 0 bridgehead atoms. The van der Waals surface area contributed by atoms with Crippen molar-refractivity contribution in [2.24, 2.45) is 0 Å². The lowest BCUT2D eigenvalue weighted by atomic mass is 10.1. The fourth-order valence-electron chi connectivity index (χ4n) is 5.94. The van der Waals surface area contributed by atoms with E-state index < -0.39 is 12.1 Å². The zero-order valence-electron chi connectivity index (χ0n) is 41.4. The zero-order valence-corrected chi connectivity index (χ0v) is 41.4. The molecule has 0 aliphatic rings. The van der Waals surface area contributed by atoms with Crippen molar-refractivity contribution in [3.8, 4) is 0 Å². The van der Waals surface area contributed by atoms with Crippen LogP contribution in [0.3, 0.4) is 0 Å². The highest BCUT2D eigenvalue weighted by Gasteiger charge is 2.19. The molecular formula is C60H88O6. The molecule has 0 fully saturated rings. The van der Waals surface area contributed by atoms with Crippen molar-refractivity contribution in [1.29, 1.82) is 0 Å². The molecule has 0 amide bonds. The number of rotatable bonds is 42. The topological polar surface area (TPSA) is 78.9 Å². The van der Waals surface area contributed by atoms with Gasteiger partial charge >= 0.3 is 17.9 Å². The first kappa shape index (κ1) is 60.8. The Morgan fingerprint density at radius 3 is 1.20 bits per heavy atom. The van der Waals surface area contributed by atoms with Gasteiger partial charge in [-0.3, -0.25) is 14.4 Å². The van der Waals surface area contributed by atoms with Crippen molar-refractivity contribution in [3.05, 3.63) is 170 Å². The zero-order chi connectivity index (χ0) is 47.9. The molecule has 0 saturated heterocycles. The SMILES string of the molecule is CC/C=C/C=C/C=C/C=C/C=C/C=C/C=C/CCCCCC(=O)OCC(COC(=O)CC/C=C/C/C=C/CCCCCCCC)OC(=O)CC/C=C/C/C=C/C/C=C/C/C=C/C/C=C/CC. The third-order valence-corrected chi connectivity index (χ3v) is 9.66. The third-order valence-electron chi connectivity index (χ3n) is 9.66. The molecule has 364 valence electrons. The van der Waals surface area contributed by atoms with Crippen molar-refractivity contribution in [2.45, 2.75) is 175 Å². The van der Waals surface area contributed by atoms with Crippen LogP contribution in [0.25, 0.3) is 0 Å². The van der Waals surface area contributed by atoms with E-state index in [-0.39, 0.29) is 44.4 Å². The van der Waals surface area contributed by atoms with Gasteiger partial charge in [0.15, 0.2) is 6.10 Å². The van der Waals surface area contributed by atoms with E-state index in [0.29, 0.717) is 19.3 Å². The molecule has 0 saturated carbocycles. The van der Waals surface area contributed by atoms with Gasteiger partial charge in [0.2, 0.25) is 0 Å². The van der Waals surface area contributed by atoms with E-state index in [0.717, 1.165) is 70.6 Å². The Morgan fingerprint density at radius 1 is 0.333 bits per heavy atom. The highest BCUT2D eigenvalue weighted by molar-refractivity contribution is 5.71. The summed E-state index contributed by atoms with van der Waals surface area (Å²) < 4.78 is 16.6. The lowest BCUT2D eigenvalue weighted by Gasteiger charge is -2.18. The number of carbonyl (C=O) groups excluding carboxylic acids is 3. The monoisotopic (exact) mass is 905 g/mol. The molecule has 1 unspecified atom stereocenters. The molecule has 0 radical (unpaired) electrons. The van der Waals surface area contributed by atoms with Gasteiger partial charge < -0.3 is 14.2 Å². The second-order valence-corrected chi connectivity index (χ2v) is 15.8. The van der Waals surface area contributed by atoms with Crippen LogP contribution in [0.5, 0.6) is 0 Å². The van der Waals surface area contributed by atoms with Crippen LogP contribution in [0, 0.1) is 0 Å². The Morgan fingerprint density at radius 2 is 0.697 bits per heavy atom. The predicted octanol–water partition coefficient (Wildman–Crippen LogP) is 16.8. The van der Waals surface area contributed by atoms with Crippen molar-refractivity contribution in [3.63, 3.8) is 0 Å². The molecule has 1 atom stereocenters. The Hall–Kier alpha value is -5.23. The Labute approximate surface area is 402 Å². The summed E-state index contributed by atoms with van der Waals surface area (Å²) in [4.78, 5) is 37.9. The maximum Gasteiger partial charge on any atom is 0.306 e. The third kappa shape index (κ3) is 49.8. The first-order valence-electron chi connectivity index (χ1n) is 25.2. The van der Waals surface area contributed by atoms with Crippen molar-refractivity contribution < 1.29 is 28.6 Å². The minimum atomic E-state index is -0.868. The number of esters is 3. The highest BCUT2D eigenvalue weighted by Crippen LogP contribution is 2.10. The smallest absolute Gasteiger partial charge is 0.306 e. The molecule has 0 aromatic heterocycles. The van der Waals surface area contributed by atoms with Crippen LogP contribution >= 0.6 is 0 Å². The Bertz CT molecular complexity index is 1600. The standard InChI is InChI=1S/C60H88O6/c1-4-7-10-13-16-19-22-25-27-29-30-31-33-35-38-41-44-47-50-53-59(62)65-56-57(55-64-58(61)52-49-46-43-40-37-34-24-21-18-15-12-9-6-3)66-60(63)54-51-48-45-42-39-36-32-28-26-23-20-17-14-11-8-5-2/h7-8,10-11,13,16-17,19-20,22,25-31,33-39,43,45-46,48,57H,4-6,9,12,14-15,18,21,23-24,32,40-42,44,47,49-56H2,1-3H3/b10-7+,11-8+,16-13+,20-17+,22-19+,27-25+,28-26+,30-29+,33-31+,37-34+,38-35+,39-36+,46-43+,48-45+. The molecule has 0 heterocycles. The number of ether oxygens (including phenoxy) is 3. The minimum Gasteiger partial charge on any atom is -0.462 e. The molecule has 6 nitrogen and oxygen atoms in total. The van der Waals surface area contributed by atoms with E-state index in [1.165, 1.54) is 38.5 Å². The first-order chi connectivity index (χ1) is 32.5. The summed E-state index contributed by atoms with van der Waals surface area (Å²) in [5, 5.41) is 0. The number of allylic oxidation sites excluding steroid dienone is 28. The molecule has 6 heteroatoms. The van der Waals surface area contributed by atoms with Gasteiger partial charge in [0, 0.05) is 19.3 Å². The fraction of sp³-hybridized carbons (Fsp3) is 0.483. The van der Waals surface area contributed by atoms with Gasteiger partial charge in [0.05, 0.1) is 0 Å². The molecular weight excluding hydrogens is 817 g/mol. The van der Waals surface area contributed by atoms with Gasteiger partial charge in [-0.2, -0.15) is 0 Å². The molecule has 0 spiro atoms. The van der Waals surface area contributed by atoms with E-state index >= 15 is 0 Å². The van der Waals surface area contributed by atoms with Gasteiger partial charge in [-0.05, 0) is 89.9 Å². The van der Waals surface area contributed by atoms with E-state index in [1.54, 1.807) is 0 Å². The maximum atomic E-state index is 12.8. The van der Waals surface area contributed by atoms with Gasteiger partial charge in [0.1, 0.15) is 13.2 Å². The lowest BCUT2D eigenvalue weighted by Crippen LogP contribution is -2.30. The van der Waals surface area contributed by atoms with E-state index in [1.807, 2.05) is 91.1 Å². The normalized spacial score (nSPS) is 13.6. The number of hydrogen-bond donors (Lipinski definition) is 0. The first-order valence-corrected chi connectivity index (χ1v) is 25.2. The second-order valence-electron chi connectivity index (χ2n) is 15.8. The second kappa shape index (κ2) is 52.4. The fourth-order valence-corrected chi connectivity index (χ4v) is 5.94. The van der Waals surface area contributed by atoms with Crippen LogP contribution in [0.15, 0.2) is 170 Å². The summed E-state index contributed by atoms with van der Waals surface area (Å²) in [6.45, 7) is 6.17. The van der Waals surface area contributed by atoms with Gasteiger partial charge in [0.25, 0.3) is 0 Å². The summed E-state index contributed by atoms with van der Waals surface area (Å²) in [6.07, 6.45) is 77.8. The largest absolute Gasteiger partial charge is 0.462 e. The summed E-state index contributed by atoms with van der Waals surface area (Å²) in [7, 11) is 0. The lowest BCUT2D eigenvalue weighted by molar-refractivity contribution is -0.166. The Kier molecular flexibility index (Phi) is 48.2. The van der Waals surface area contributed by atoms with Crippen LogP contribution in [-0.4, -0.2) is 37.2 Å². The molecule has 0 N–H and O–H groups in total. The van der Waals surface area contributed by atoms with Crippen LogP contribution in [-0.2, 0) is 28.6 Å². The van der Waals surface area contributed by atoms with E-state index in [9.17, 15) is 14.4 Å². The molecule has 0 aliphatic carbocycles. The molecule has 0 aromatic rings. The van der Waals surface area contributed by atoms with Crippen molar-refractivity contribution in [1.82, 2.24) is 0 Å². The number of hydrogen-bond acceptors (Lipinski definition) is 6. The van der Waals surface area contributed by atoms with Crippen molar-refractivity contribution in [2.75, 3.05) is 13.2 Å². The quantitative estimate of drug-likeness (QED) is 0.0200.